The van der Waals surface area contributed by atoms with Crippen LogP contribution >= 0.6 is 0 Å². The van der Waals surface area contributed by atoms with Gasteiger partial charge in [-0.05, 0) is 74.9 Å². The van der Waals surface area contributed by atoms with Crippen LogP contribution in [0.15, 0.2) is 54.7 Å². The smallest absolute Gasteiger partial charge is 0.187 e. The molecule has 0 spiro atoms. The lowest BCUT2D eigenvalue weighted by molar-refractivity contribution is 0.351. The lowest BCUT2D eigenvalue weighted by Crippen LogP contribution is -2.29. The highest BCUT2D eigenvalue weighted by atomic mass is 15.2. The van der Waals surface area contributed by atoms with Gasteiger partial charge in [0, 0.05) is 11.6 Å². The van der Waals surface area contributed by atoms with Gasteiger partial charge in [0.15, 0.2) is 11.5 Å². The summed E-state index contributed by atoms with van der Waals surface area (Å²) in [5.74, 6) is 1.62. The molecular weight excluding hydrogens is 346 g/mol. The average molecular weight is 371 g/mol. The fourth-order valence-corrected chi connectivity index (χ4v) is 4.30. The molecule has 3 aromatic heterocycles. The largest absolute Gasteiger partial charge is 0.316 e. The summed E-state index contributed by atoms with van der Waals surface area (Å²) in [6, 6.07) is 16.6. The van der Waals surface area contributed by atoms with E-state index in [9.17, 15) is 0 Å². The van der Waals surface area contributed by atoms with Crippen molar-refractivity contribution < 1.29 is 0 Å². The van der Waals surface area contributed by atoms with E-state index in [0.717, 1.165) is 35.0 Å². The van der Waals surface area contributed by atoms with E-state index in [-0.39, 0.29) is 0 Å². The summed E-state index contributed by atoms with van der Waals surface area (Å²) in [6.45, 7) is 2.36. The van der Waals surface area contributed by atoms with E-state index in [2.05, 4.69) is 39.8 Å². The van der Waals surface area contributed by atoms with E-state index in [1.807, 2.05) is 34.9 Å². The Balaban J connectivity index is 1.43. The molecule has 1 aliphatic rings. The predicted octanol–water partition coefficient (Wildman–Crippen LogP) is 4.27. The maximum absolute atomic E-state index is 5.00. The first-order valence-electron chi connectivity index (χ1n) is 10.3. The van der Waals surface area contributed by atoms with Crippen molar-refractivity contribution in [2.75, 3.05) is 13.1 Å². The molecule has 5 nitrogen and oxygen atoms in total. The van der Waals surface area contributed by atoms with E-state index >= 15 is 0 Å². The van der Waals surface area contributed by atoms with Gasteiger partial charge in [0.05, 0.1) is 5.52 Å². The molecule has 0 bridgehead atoms. The number of benzene rings is 1. The number of piperidine rings is 1. The van der Waals surface area contributed by atoms with Gasteiger partial charge in [0.2, 0.25) is 0 Å². The fourth-order valence-electron chi connectivity index (χ4n) is 4.30. The topological polar surface area (TPSA) is 55.1 Å². The Morgan fingerprint density at radius 2 is 2.04 bits per heavy atom. The van der Waals surface area contributed by atoms with Gasteiger partial charge in [-0.1, -0.05) is 30.3 Å². The highest BCUT2D eigenvalue weighted by Crippen LogP contribution is 2.25. The summed E-state index contributed by atoms with van der Waals surface area (Å²) < 4.78 is 1.99. The fraction of sp³-hybridized carbons (Fsp3) is 0.348. The predicted molar refractivity (Wildman–Crippen MR) is 112 cm³/mol. The molecule has 0 radical (unpaired) electrons. The molecule has 1 unspecified atom stereocenters. The molecule has 1 fully saturated rings. The van der Waals surface area contributed by atoms with Crippen LogP contribution in [-0.2, 0) is 6.42 Å². The number of aromatic nitrogens is 4. The van der Waals surface area contributed by atoms with E-state index in [1.54, 1.807) is 0 Å². The second kappa shape index (κ2) is 7.68. The minimum absolute atomic E-state index is 0.792. The number of rotatable bonds is 5. The first-order valence-corrected chi connectivity index (χ1v) is 10.3. The van der Waals surface area contributed by atoms with Crippen LogP contribution in [0, 0.1) is 5.92 Å². The van der Waals surface area contributed by atoms with Gasteiger partial charge in [0.1, 0.15) is 5.69 Å². The van der Waals surface area contributed by atoms with Crippen molar-refractivity contribution in [1.29, 1.82) is 0 Å². The van der Waals surface area contributed by atoms with Gasteiger partial charge in [-0.3, -0.25) is 4.40 Å². The third kappa shape index (κ3) is 3.38. The number of para-hydroxylation sites is 1. The van der Waals surface area contributed by atoms with E-state index < -0.39 is 0 Å². The van der Waals surface area contributed by atoms with Gasteiger partial charge in [-0.15, -0.1) is 10.2 Å². The SMILES string of the molecule is c1cc(CCCC2CCCNC2)c2nc(-c3nnc4ccccn34)ccc2c1. The number of aryl methyl sites for hydroxylation is 1. The zero-order valence-corrected chi connectivity index (χ0v) is 16.0. The van der Waals surface area contributed by atoms with E-state index in [4.69, 9.17) is 4.98 Å². The summed E-state index contributed by atoms with van der Waals surface area (Å²) >= 11 is 0. The quantitative estimate of drug-likeness (QED) is 0.569. The molecule has 4 aromatic rings. The number of hydrogen-bond acceptors (Lipinski definition) is 4. The Bertz CT molecular complexity index is 1090. The monoisotopic (exact) mass is 371 g/mol. The van der Waals surface area contributed by atoms with Crippen molar-refractivity contribution in [3.8, 4) is 11.5 Å². The van der Waals surface area contributed by atoms with Crippen LogP contribution in [0.1, 0.15) is 31.2 Å². The molecule has 5 rings (SSSR count). The van der Waals surface area contributed by atoms with Crippen molar-refractivity contribution in [2.45, 2.75) is 32.1 Å². The molecule has 1 saturated heterocycles. The Morgan fingerprint density at radius 1 is 1.04 bits per heavy atom. The molecule has 0 aliphatic carbocycles. The summed E-state index contributed by atoms with van der Waals surface area (Å²) in [5, 5.41) is 13.3. The first kappa shape index (κ1) is 17.3. The van der Waals surface area contributed by atoms with Crippen LogP contribution in [0.3, 0.4) is 0 Å². The maximum atomic E-state index is 5.00. The number of hydrogen-bond donors (Lipinski definition) is 1. The third-order valence-corrected chi connectivity index (χ3v) is 5.80. The van der Waals surface area contributed by atoms with Crippen LogP contribution in [0.4, 0.5) is 0 Å². The molecule has 1 aliphatic heterocycles. The summed E-state index contributed by atoms with van der Waals surface area (Å²) in [5.41, 5.74) is 4.13. The van der Waals surface area contributed by atoms with Crippen LogP contribution in [0.5, 0.6) is 0 Å². The molecule has 142 valence electrons. The molecular formula is C23H25N5. The van der Waals surface area contributed by atoms with Gasteiger partial charge in [-0.2, -0.15) is 0 Å². The first-order chi connectivity index (χ1) is 13.9. The molecule has 1 N–H and O–H groups in total. The van der Waals surface area contributed by atoms with Gasteiger partial charge < -0.3 is 5.32 Å². The third-order valence-electron chi connectivity index (χ3n) is 5.80. The van der Waals surface area contributed by atoms with Gasteiger partial charge >= 0.3 is 0 Å². The molecule has 4 heterocycles. The summed E-state index contributed by atoms with van der Waals surface area (Å²) in [6.07, 6.45) is 8.25. The average Bonchev–Trinajstić information content (AvgIpc) is 3.19. The number of pyridine rings is 2. The molecule has 1 atom stereocenters. The summed E-state index contributed by atoms with van der Waals surface area (Å²) in [4.78, 5) is 5.00. The second-order valence-electron chi connectivity index (χ2n) is 7.74. The Labute approximate surface area is 164 Å². The van der Waals surface area contributed by atoms with Crippen molar-refractivity contribution >= 4 is 16.6 Å². The van der Waals surface area contributed by atoms with Crippen LogP contribution in [0.25, 0.3) is 28.1 Å². The number of nitrogens with zero attached hydrogens (tertiary/aromatic N) is 4. The molecule has 28 heavy (non-hydrogen) atoms. The van der Waals surface area contributed by atoms with Crippen molar-refractivity contribution in [2.24, 2.45) is 5.92 Å². The highest BCUT2D eigenvalue weighted by molar-refractivity contribution is 5.84. The van der Waals surface area contributed by atoms with Crippen LogP contribution in [-0.4, -0.2) is 32.7 Å². The highest BCUT2D eigenvalue weighted by Gasteiger charge is 2.14. The van der Waals surface area contributed by atoms with Crippen LogP contribution < -0.4 is 5.32 Å². The van der Waals surface area contributed by atoms with Crippen molar-refractivity contribution in [3.63, 3.8) is 0 Å². The minimum atomic E-state index is 0.792. The van der Waals surface area contributed by atoms with Crippen molar-refractivity contribution in [3.05, 3.63) is 60.3 Å². The zero-order valence-electron chi connectivity index (χ0n) is 16.0. The Kier molecular flexibility index (Phi) is 4.75. The molecule has 1 aromatic carbocycles. The molecule has 5 heteroatoms. The van der Waals surface area contributed by atoms with E-state index in [0.29, 0.717) is 0 Å². The Hall–Kier alpha value is -2.79. The maximum Gasteiger partial charge on any atom is 0.187 e. The zero-order chi connectivity index (χ0) is 18.8. The standard InChI is InChI=1S/C23H25N5/c1-2-15-28-21(11-1)26-27-23(28)20-13-12-19-10-4-9-18(22(19)25-20)8-3-6-17-7-5-14-24-16-17/h1-2,4,9-13,15,17,24H,3,5-8,14,16H2. The lowest BCUT2D eigenvalue weighted by Gasteiger charge is -2.22. The minimum Gasteiger partial charge on any atom is -0.316 e. The van der Waals surface area contributed by atoms with Gasteiger partial charge in [0.25, 0.3) is 0 Å². The molecule has 0 saturated carbocycles. The normalized spacial score (nSPS) is 17.4. The number of nitrogens with one attached hydrogen (secondary N) is 1. The number of fused-ring (bicyclic) bond motifs is 2. The van der Waals surface area contributed by atoms with E-state index in [1.165, 1.54) is 49.7 Å². The molecule has 0 amide bonds. The van der Waals surface area contributed by atoms with Gasteiger partial charge in [-0.25, -0.2) is 4.98 Å². The second-order valence-corrected chi connectivity index (χ2v) is 7.74. The summed E-state index contributed by atoms with van der Waals surface area (Å²) in [7, 11) is 0. The van der Waals surface area contributed by atoms with Crippen LogP contribution in [0.2, 0.25) is 0 Å². The lowest BCUT2D eigenvalue weighted by atomic mass is 9.92. The Morgan fingerprint density at radius 3 is 2.96 bits per heavy atom. The van der Waals surface area contributed by atoms with Crippen molar-refractivity contribution in [1.82, 2.24) is 24.9 Å².